The predicted octanol–water partition coefficient (Wildman–Crippen LogP) is 2.94. The smallest absolute Gasteiger partial charge is 0.249 e. The van der Waals surface area contributed by atoms with Gasteiger partial charge in [-0.2, -0.15) is 0 Å². The number of hydrogen-bond donors (Lipinski definition) is 3. The van der Waals surface area contributed by atoms with Gasteiger partial charge in [-0.05, 0) is 59.4 Å². The van der Waals surface area contributed by atoms with Crippen LogP contribution in [0.2, 0.25) is 0 Å². The highest BCUT2D eigenvalue weighted by atomic mass is 16.1. The molecule has 0 aliphatic carbocycles. The molecule has 4 rings (SSSR count). The second kappa shape index (κ2) is 9.98. The Kier molecular flexibility index (Phi) is 6.87. The number of primary amides is 2. The van der Waals surface area contributed by atoms with Crippen LogP contribution in [0.3, 0.4) is 0 Å². The van der Waals surface area contributed by atoms with Crippen molar-refractivity contribution in [3.8, 4) is 11.1 Å². The topological polar surface area (TPSA) is 101 Å². The fraction of sp³-hybridized carbons (Fsp3) is 0.259. The number of nitrogens with one attached hydrogen (secondary N) is 1. The van der Waals surface area contributed by atoms with Gasteiger partial charge in [0.25, 0.3) is 0 Å². The molecular weight excluding hydrogens is 412 g/mol. The monoisotopic (exact) mass is 442 g/mol. The van der Waals surface area contributed by atoms with Crippen LogP contribution in [0, 0.1) is 0 Å². The zero-order valence-electron chi connectivity index (χ0n) is 18.9. The van der Waals surface area contributed by atoms with E-state index >= 15 is 0 Å². The van der Waals surface area contributed by atoms with E-state index in [1.165, 1.54) is 5.56 Å². The molecule has 3 aromatic carbocycles. The third kappa shape index (κ3) is 5.48. The quantitative estimate of drug-likeness (QED) is 0.524. The van der Waals surface area contributed by atoms with Crippen LogP contribution in [-0.4, -0.2) is 42.4 Å². The van der Waals surface area contributed by atoms with Gasteiger partial charge in [0.15, 0.2) is 0 Å². The summed E-state index contributed by atoms with van der Waals surface area (Å²) in [7, 11) is 0. The maximum absolute atomic E-state index is 12.0. The number of amides is 2. The van der Waals surface area contributed by atoms with E-state index in [2.05, 4.69) is 53.5 Å². The lowest BCUT2D eigenvalue weighted by Gasteiger charge is -2.31. The molecule has 6 nitrogen and oxygen atoms in total. The normalized spacial score (nSPS) is 16.5. The summed E-state index contributed by atoms with van der Waals surface area (Å²) in [5.74, 6) is -1.14. The minimum absolute atomic E-state index is 0.323. The van der Waals surface area contributed by atoms with Crippen LogP contribution in [0.4, 0.5) is 0 Å². The summed E-state index contributed by atoms with van der Waals surface area (Å²) in [5, 5.41) is 3.48. The van der Waals surface area contributed by atoms with Crippen molar-refractivity contribution < 1.29 is 9.59 Å². The van der Waals surface area contributed by atoms with E-state index in [1.54, 1.807) is 18.2 Å². The Morgan fingerprint density at radius 1 is 0.909 bits per heavy atom. The number of carbonyl (C=O) groups is 2. The molecule has 0 spiro atoms. The van der Waals surface area contributed by atoms with Crippen LogP contribution in [0.25, 0.3) is 11.1 Å². The van der Waals surface area contributed by atoms with E-state index in [1.807, 2.05) is 12.1 Å². The number of rotatable bonds is 7. The van der Waals surface area contributed by atoms with Gasteiger partial charge < -0.3 is 16.8 Å². The molecule has 33 heavy (non-hydrogen) atoms. The van der Waals surface area contributed by atoms with E-state index in [0.29, 0.717) is 29.2 Å². The van der Waals surface area contributed by atoms with Gasteiger partial charge in [-0.1, -0.05) is 48.5 Å². The zero-order chi connectivity index (χ0) is 23.4. The predicted molar refractivity (Wildman–Crippen MR) is 131 cm³/mol. The van der Waals surface area contributed by atoms with Gasteiger partial charge in [-0.25, -0.2) is 0 Å². The van der Waals surface area contributed by atoms with Crippen molar-refractivity contribution in [1.29, 1.82) is 0 Å². The Morgan fingerprint density at radius 3 is 2.09 bits per heavy atom. The summed E-state index contributed by atoms with van der Waals surface area (Å²) >= 11 is 0. The van der Waals surface area contributed by atoms with Crippen molar-refractivity contribution in [2.45, 2.75) is 25.9 Å². The fourth-order valence-electron chi connectivity index (χ4n) is 4.57. The molecule has 3 aromatic rings. The van der Waals surface area contributed by atoms with Crippen molar-refractivity contribution in [3.05, 3.63) is 94.5 Å². The standard InChI is InChI=1S/C27H30N4O2/c1-18-16-31(12-11-30-18)17-20-6-3-8-22(14-20)21-7-2-5-19(13-21)15-25-23(26(28)32)9-4-10-24(25)27(29)33/h2-10,13-14,18,30H,11-12,15-17H2,1H3,(H2,28,32)(H2,29,33)/t18-/m1/s1. The maximum atomic E-state index is 12.0. The minimum Gasteiger partial charge on any atom is -0.366 e. The van der Waals surface area contributed by atoms with E-state index < -0.39 is 11.8 Å². The van der Waals surface area contributed by atoms with Gasteiger partial charge in [-0.3, -0.25) is 14.5 Å². The largest absolute Gasteiger partial charge is 0.366 e. The average molecular weight is 443 g/mol. The van der Waals surface area contributed by atoms with Gasteiger partial charge in [0, 0.05) is 43.3 Å². The van der Waals surface area contributed by atoms with E-state index in [9.17, 15) is 9.59 Å². The number of nitrogens with two attached hydrogens (primary N) is 2. The summed E-state index contributed by atoms with van der Waals surface area (Å²) in [6.45, 7) is 6.25. The Hall–Kier alpha value is -3.48. The maximum Gasteiger partial charge on any atom is 0.249 e. The summed E-state index contributed by atoms with van der Waals surface area (Å²) in [6, 6.07) is 22.1. The first-order valence-corrected chi connectivity index (χ1v) is 11.3. The Morgan fingerprint density at radius 2 is 1.48 bits per heavy atom. The van der Waals surface area contributed by atoms with Crippen molar-refractivity contribution in [2.24, 2.45) is 11.5 Å². The first-order chi connectivity index (χ1) is 15.9. The van der Waals surface area contributed by atoms with Crippen molar-refractivity contribution in [2.75, 3.05) is 19.6 Å². The molecule has 6 heteroatoms. The Bertz CT molecular complexity index is 1140. The van der Waals surface area contributed by atoms with Crippen LogP contribution in [-0.2, 0) is 13.0 Å². The Labute approximate surface area is 194 Å². The lowest BCUT2D eigenvalue weighted by Crippen LogP contribution is -2.48. The van der Waals surface area contributed by atoms with Crippen LogP contribution in [0.15, 0.2) is 66.7 Å². The second-order valence-corrected chi connectivity index (χ2v) is 8.73. The van der Waals surface area contributed by atoms with Gasteiger partial charge >= 0.3 is 0 Å². The van der Waals surface area contributed by atoms with Crippen molar-refractivity contribution in [3.63, 3.8) is 0 Å². The number of benzene rings is 3. The van der Waals surface area contributed by atoms with Crippen LogP contribution < -0.4 is 16.8 Å². The van der Waals surface area contributed by atoms with Crippen LogP contribution in [0.1, 0.15) is 44.3 Å². The lowest BCUT2D eigenvalue weighted by atomic mass is 9.92. The Balaban J connectivity index is 1.60. The van der Waals surface area contributed by atoms with E-state index in [-0.39, 0.29) is 0 Å². The number of hydrogen-bond acceptors (Lipinski definition) is 4. The lowest BCUT2D eigenvalue weighted by molar-refractivity contribution is 0.0999. The van der Waals surface area contributed by atoms with E-state index in [4.69, 9.17) is 11.5 Å². The van der Waals surface area contributed by atoms with Gasteiger partial charge in [0.1, 0.15) is 0 Å². The van der Waals surface area contributed by atoms with Crippen molar-refractivity contribution in [1.82, 2.24) is 10.2 Å². The number of carbonyl (C=O) groups excluding carboxylic acids is 2. The summed E-state index contributed by atoms with van der Waals surface area (Å²) in [6.07, 6.45) is 0.392. The van der Waals surface area contributed by atoms with Gasteiger partial charge in [0.05, 0.1) is 0 Å². The third-order valence-electron chi connectivity index (χ3n) is 6.13. The second-order valence-electron chi connectivity index (χ2n) is 8.73. The van der Waals surface area contributed by atoms with Gasteiger partial charge in [0.2, 0.25) is 11.8 Å². The summed E-state index contributed by atoms with van der Waals surface area (Å²) in [4.78, 5) is 26.4. The minimum atomic E-state index is -0.570. The molecule has 0 unspecified atom stereocenters. The fourth-order valence-corrected chi connectivity index (χ4v) is 4.57. The highest BCUT2D eigenvalue weighted by Gasteiger charge is 2.17. The third-order valence-corrected chi connectivity index (χ3v) is 6.13. The summed E-state index contributed by atoms with van der Waals surface area (Å²) in [5.41, 5.74) is 16.8. The zero-order valence-corrected chi connectivity index (χ0v) is 18.9. The highest BCUT2D eigenvalue weighted by molar-refractivity contribution is 6.01. The van der Waals surface area contributed by atoms with Crippen molar-refractivity contribution >= 4 is 11.8 Å². The molecule has 2 amide bonds. The molecule has 0 aromatic heterocycles. The first kappa shape index (κ1) is 22.7. The first-order valence-electron chi connectivity index (χ1n) is 11.3. The highest BCUT2D eigenvalue weighted by Crippen LogP contribution is 2.25. The molecule has 0 saturated carbocycles. The molecule has 1 aliphatic rings. The molecule has 1 atom stereocenters. The molecule has 1 aliphatic heterocycles. The van der Waals surface area contributed by atoms with E-state index in [0.717, 1.165) is 42.9 Å². The molecule has 0 radical (unpaired) electrons. The summed E-state index contributed by atoms with van der Waals surface area (Å²) < 4.78 is 0. The molecule has 1 heterocycles. The molecular formula is C27H30N4O2. The van der Waals surface area contributed by atoms with Crippen LogP contribution in [0.5, 0.6) is 0 Å². The SMILES string of the molecule is C[C@@H]1CN(Cc2cccc(-c3cccc(Cc4c(C(N)=O)cccc4C(N)=O)c3)c2)CCN1. The number of piperazine rings is 1. The van der Waals surface area contributed by atoms with Crippen LogP contribution >= 0.6 is 0 Å². The molecule has 170 valence electrons. The molecule has 0 bridgehead atoms. The molecule has 1 saturated heterocycles. The number of nitrogens with zero attached hydrogens (tertiary/aromatic N) is 1. The molecule has 1 fully saturated rings. The molecule has 5 N–H and O–H groups in total. The average Bonchev–Trinajstić information content (AvgIpc) is 2.79. The van der Waals surface area contributed by atoms with Gasteiger partial charge in [-0.15, -0.1) is 0 Å².